The van der Waals surface area contributed by atoms with E-state index in [2.05, 4.69) is 0 Å². The Kier molecular flexibility index (Phi) is 4.18. The van der Waals surface area contributed by atoms with Gasteiger partial charge < -0.3 is 10.6 Å². The maximum Gasteiger partial charge on any atom is 0.397 e. The van der Waals surface area contributed by atoms with E-state index in [-0.39, 0.29) is 12.0 Å². The molecule has 0 aromatic heterocycles. The molecule has 0 aliphatic carbocycles. The van der Waals surface area contributed by atoms with Gasteiger partial charge >= 0.3 is 6.18 Å². The third kappa shape index (κ3) is 3.66. The van der Waals surface area contributed by atoms with E-state index in [1.807, 2.05) is 0 Å². The summed E-state index contributed by atoms with van der Waals surface area (Å²) < 4.78 is 36.3. The second kappa shape index (κ2) is 5.03. The van der Waals surface area contributed by atoms with E-state index in [1.54, 1.807) is 6.92 Å². The van der Waals surface area contributed by atoms with E-state index in [9.17, 15) is 18.0 Å². The standard InChI is InChI=1S/C10H17F3N2O/c1-7-2-3-8(5-14)6-15(7)9(16)4-10(11,12)13/h7-8H,2-6,14H2,1H3. The van der Waals surface area contributed by atoms with Gasteiger partial charge in [-0.15, -0.1) is 0 Å². The molecule has 1 aliphatic heterocycles. The molecule has 1 fully saturated rings. The Morgan fingerprint density at radius 3 is 2.56 bits per heavy atom. The molecule has 2 N–H and O–H groups in total. The van der Waals surface area contributed by atoms with Gasteiger partial charge in [0.2, 0.25) is 5.91 Å². The zero-order valence-corrected chi connectivity index (χ0v) is 9.26. The average Bonchev–Trinajstić information content (AvgIpc) is 2.15. The molecule has 1 aliphatic rings. The van der Waals surface area contributed by atoms with E-state index in [1.165, 1.54) is 4.90 Å². The first-order chi connectivity index (χ1) is 7.33. The van der Waals surface area contributed by atoms with Gasteiger partial charge in [-0.3, -0.25) is 4.79 Å². The molecule has 2 atom stereocenters. The van der Waals surface area contributed by atoms with Crippen LogP contribution in [0.3, 0.4) is 0 Å². The van der Waals surface area contributed by atoms with Gasteiger partial charge in [0, 0.05) is 12.6 Å². The smallest absolute Gasteiger partial charge is 0.339 e. The first-order valence-electron chi connectivity index (χ1n) is 5.39. The second-order valence-electron chi connectivity index (χ2n) is 4.37. The maximum absolute atomic E-state index is 12.1. The third-order valence-corrected chi connectivity index (χ3v) is 2.98. The zero-order chi connectivity index (χ0) is 12.3. The molecule has 0 spiro atoms. The van der Waals surface area contributed by atoms with Crippen LogP contribution in [0.15, 0.2) is 0 Å². The number of nitrogens with two attached hydrogens (primary N) is 1. The van der Waals surface area contributed by atoms with Crippen molar-refractivity contribution in [3.8, 4) is 0 Å². The SMILES string of the molecule is CC1CCC(CN)CN1C(=O)CC(F)(F)F. The predicted octanol–water partition coefficient (Wildman–Crippen LogP) is 1.52. The molecule has 0 aromatic carbocycles. The van der Waals surface area contributed by atoms with E-state index < -0.39 is 18.5 Å². The summed E-state index contributed by atoms with van der Waals surface area (Å²) in [5.74, 6) is -0.702. The molecule has 1 heterocycles. The van der Waals surface area contributed by atoms with Crippen molar-refractivity contribution in [3.63, 3.8) is 0 Å². The number of rotatable bonds is 2. The van der Waals surface area contributed by atoms with Crippen LogP contribution in [0, 0.1) is 5.92 Å². The molecule has 3 nitrogen and oxygen atoms in total. The minimum absolute atomic E-state index is 0.113. The van der Waals surface area contributed by atoms with E-state index >= 15 is 0 Å². The third-order valence-electron chi connectivity index (χ3n) is 2.98. The van der Waals surface area contributed by atoms with Crippen LogP contribution < -0.4 is 5.73 Å². The van der Waals surface area contributed by atoms with Gasteiger partial charge in [-0.25, -0.2) is 0 Å². The highest BCUT2D eigenvalue weighted by Crippen LogP contribution is 2.26. The lowest BCUT2D eigenvalue weighted by Crippen LogP contribution is -2.48. The van der Waals surface area contributed by atoms with Crippen molar-refractivity contribution in [2.45, 2.75) is 38.4 Å². The number of alkyl halides is 3. The summed E-state index contributed by atoms with van der Waals surface area (Å²) in [6, 6.07) is -0.113. The average molecular weight is 238 g/mol. The molecule has 1 saturated heterocycles. The number of halogens is 3. The topological polar surface area (TPSA) is 46.3 Å². The summed E-state index contributed by atoms with van der Waals surface area (Å²) in [4.78, 5) is 12.8. The Hall–Kier alpha value is -0.780. The van der Waals surface area contributed by atoms with E-state index in [0.717, 1.165) is 12.8 Å². The Labute approximate surface area is 92.8 Å². The first-order valence-corrected chi connectivity index (χ1v) is 5.39. The number of piperidine rings is 1. The van der Waals surface area contributed by atoms with Crippen LogP contribution >= 0.6 is 0 Å². The van der Waals surface area contributed by atoms with Crippen LogP contribution in [0.4, 0.5) is 13.2 Å². The highest BCUT2D eigenvalue weighted by Gasteiger charge is 2.36. The first kappa shape index (κ1) is 13.3. The predicted molar refractivity (Wildman–Crippen MR) is 53.6 cm³/mol. The molecular weight excluding hydrogens is 221 g/mol. The number of amides is 1. The molecule has 0 radical (unpaired) electrons. The highest BCUT2D eigenvalue weighted by atomic mass is 19.4. The van der Waals surface area contributed by atoms with Crippen LogP contribution in [0.5, 0.6) is 0 Å². The summed E-state index contributed by atoms with van der Waals surface area (Å²) in [5.41, 5.74) is 5.48. The van der Waals surface area contributed by atoms with E-state index in [0.29, 0.717) is 13.1 Å². The van der Waals surface area contributed by atoms with Crippen molar-refractivity contribution in [2.75, 3.05) is 13.1 Å². The summed E-state index contributed by atoms with van der Waals surface area (Å²) in [6.45, 7) is 2.55. The molecular formula is C10H17F3N2O. The summed E-state index contributed by atoms with van der Waals surface area (Å²) >= 11 is 0. The van der Waals surface area contributed by atoms with Gasteiger partial charge in [0.15, 0.2) is 0 Å². The number of carbonyl (C=O) groups excluding carboxylic acids is 1. The van der Waals surface area contributed by atoms with Crippen LogP contribution in [0.2, 0.25) is 0 Å². The molecule has 94 valence electrons. The second-order valence-corrected chi connectivity index (χ2v) is 4.37. The molecule has 6 heteroatoms. The number of hydrogen-bond donors (Lipinski definition) is 1. The molecule has 2 unspecified atom stereocenters. The maximum atomic E-state index is 12.1. The van der Waals surface area contributed by atoms with Crippen molar-refractivity contribution in [3.05, 3.63) is 0 Å². The van der Waals surface area contributed by atoms with Crippen molar-refractivity contribution in [2.24, 2.45) is 11.7 Å². The number of carbonyl (C=O) groups is 1. The fourth-order valence-corrected chi connectivity index (χ4v) is 2.00. The Morgan fingerprint density at radius 1 is 1.44 bits per heavy atom. The van der Waals surface area contributed by atoms with Crippen molar-refractivity contribution < 1.29 is 18.0 Å². The Morgan fingerprint density at radius 2 is 2.06 bits per heavy atom. The summed E-state index contributed by atoms with van der Waals surface area (Å²) in [5, 5.41) is 0. The molecule has 0 bridgehead atoms. The van der Waals surface area contributed by atoms with Crippen molar-refractivity contribution >= 4 is 5.91 Å². The van der Waals surface area contributed by atoms with Crippen LogP contribution in [0.1, 0.15) is 26.2 Å². The Bertz CT molecular complexity index is 255. The van der Waals surface area contributed by atoms with E-state index in [4.69, 9.17) is 5.73 Å². The van der Waals surface area contributed by atoms with Gasteiger partial charge in [0.05, 0.1) is 0 Å². The van der Waals surface area contributed by atoms with Gasteiger partial charge in [-0.1, -0.05) is 0 Å². The minimum atomic E-state index is -4.42. The van der Waals surface area contributed by atoms with Gasteiger partial charge in [0.25, 0.3) is 0 Å². The molecule has 0 aromatic rings. The van der Waals surface area contributed by atoms with Gasteiger partial charge in [-0.2, -0.15) is 13.2 Å². The monoisotopic (exact) mass is 238 g/mol. The lowest BCUT2D eigenvalue weighted by atomic mass is 9.93. The molecule has 0 saturated carbocycles. The largest absolute Gasteiger partial charge is 0.397 e. The fraction of sp³-hybridized carbons (Fsp3) is 0.900. The van der Waals surface area contributed by atoms with Crippen LogP contribution in [-0.2, 0) is 4.79 Å². The van der Waals surface area contributed by atoms with Crippen LogP contribution in [-0.4, -0.2) is 36.1 Å². The lowest BCUT2D eigenvalue weighted by molar-refractivity contribution is -0.164. The summed E-state index contributed by atoms with van der Waals surface area (Å²) in [7, 11) is 0. The highest BCUT2D eigenvalue weighted by molar-refractivity contribution is 5.77. The Balaban J connectivity index is 2.59. The zero-order valence-electron chi connectivity index (χ0n) is 9.26. The fourth-order valence-electron chi connectivity index (χ4n) is 2.00. The molecule has 1 rings (SSSR count). The number of nitrogens with zero attached hydrogens (tertiary/aromatic N) is 1. The van der Waals surface area contributed by atoms with Gasteiger partial charge in [-0.05, 0) is 32.2 Å². The molecule has 16 heavy (non-hydrogen) atoms. The van der Waals surface area contributed by atoms with Crippen molar-refractivity contribution in [1.29, 1.82) is 0 Å². The van der Waals surface area contributed by atoms with Crippen molar-refractivity contribution in [1.82, 2.24) is 4.90 Å². The summed E-state index contributed by atoms with van der Waals surface area (Å²) in [6.07, 6.45) is -4.18. The molecule has 1 amide bonds. The van der Waals surface area contributed by atoms with Crippen LogP contribution in [0.25, 0.3) is 0 Å². The minimum Gasteiger partial charge on any atom is -0.339 e. The number of likely N-dealkylation sites (tertiary alicyclic amines) is 1. The quantitative estimate of drug-likeness (QED) is 0.793. The normalized spacial score (nSPS) is 26.9. The number of hydrogen-bond acceptors (Lipinski definition) is 2. The van der Waals surface area contributed by atoms with Gasteiger partial charge in [0.1, 0.15) is 6.42 Å². The lowest BCUT2D eigenvalue weighted by Gasteiger charge is -2.37.